The number of ether oxygens (including phenoxy) is 2. The minimum absolute atomic E-state index is 0.293. The first-order valence-corrected chi connectivity index (χ1v) is 12.7. The average Bonchev–Trinajstić information content (AvgIpc) is 3.40. The van der Waals surface area contributed by atoms with Crippen LogP contribution in [0.5, 0.6) is 0 Å². The van der Waals surface area contributed by atoms with Gasteiger partial charge in [-0.05, 0) is 73.8 Å². The lowest BCUT2D eigenvalue weighted by Crippen LogP contribution is -2.47. The number of rotatable bonds is 7. The summed E-state index contributed by atoms with van der Waals surface area (Å²) in [5.41, 5.74) is 2.37. The molecule has 0 spiro atoms. The van der Waals surface area contributed by atoms with Crippen LogP contribution in [0.15, 0.2) is 54.6 Å². The molecule has 3 aliphatic rings. The highest BCUT2D eigenvalue weighted by Crippen LogP contribution is 2.59. The molecule has 0 saturated heterocycles. The molecule has 0 aliphatic heterocycles. The topological polar surface area (TPSA) is 52.6 Å². The molecule has 0 aromatic heterocycles. The Balaban J connectivity index is 1.33. The summed E-state index contributed by atoms with van der Waals surface area (Å²) in [7, 11) is 0. The summed E-state index contributed by atoms with van der Waals surface area (Å²) in [4.78, 5) is 26.0. The molecule has 0 radical (unpaired) electrons. The Hall–Kier alpha value is -2.62. The van der Waals surface area contributed by atoms with Gasteiger partial charge in [0, 0.05) is 11.8 Å². The molecule has 0 heterocycles. The zero-order valence-electron chi connectivity index (χ0n) is 19.5. The molecule has 2 bridgehead atoms. The molecule has 3 aliphatic carbocycles. The highest BCUT2D eigenvalue weighted by Gasteiger charge is 2.61. The standard InChI is InChI=1S/C29H34O4/c1-2-3-9-19-14-16-21(17-15-19)29(31)33-27-25-18-24(22-12-7-8-13-23(22)25)26(27)32-28(30)20-10-5-4-6-11-20/h4-6,10-11,14-17,22-27H,2-3,7-9,12-13,18H2,1H3. The van der Waals surface area contributed by atoms with E-state index in [9.17, 15) is 9.59 Å². The molecular weight excluding hydrogens is 412 g/mol. The van der Waals surface area contributed by atoms with Gasteiger partial charge < -0.3 is 9.47 Å². The van der Waals surface area contributed by atoms with E-state index in [0.29, 0.717) is 34.8 Å². The molecule has 2 aromatic rings. The minimum Gasteiger partial charge on any atom is -0.455 e. The van der Waals surface area contributed by atoms with Crippen LogP contribution in [0, 0.1) is 23.7 Å². The van der Waals surface area contributed by atoms with E-state index in [1.807, 2.05) is 42.5 Å². The number of esters is 2. The van der Waals surface area contributed by atoms with Gasteiger partial charge in [-0.25, -0.2) is 9.59 Å². The average molecular weight is 447 g/mol. The van der Waals surface area contributed by atoms with Crippen molar-refractivity contribution in [2.45, 2.75) is 70.5 Å². The van der Waals surface area contributed by atoms with Crippen molar-refractivity contribution >= 4 is 11.9 Å². The first-order chi connectivity index (χ1) is 16.2. The molecule has 3 fully saturated rings. The molecule has 0 amide bonds. The fourth-order valence-corrected chi connectivity index (χ4v) is 6.61. The third kappa shape index (κ3) is 4.45. The maximum absolute atomic E-state index is 13.1. The molecule has 33 heavy (non-hydrogen) atoms. The summed E-state index contributed by atoms with van der Waals surface area (Å²) in [6.07, 6.45) is 8.51. The van der Waals surface area contributed by atoms with Crippen LogP contribution in [-0.2, 0) is 15.9 Å². The number of carbonyl (C=O) groups is 2. The first-order valence-electron chi connectivity index (χ1n) is 12.7. The molecule has 3 saturated carbocycles. The van der Waals surface area contributed by atoms with E-state index in [0.717, 1.165) is 25.7 Å². The van der Waals surface area contributed by atoms with Gasteiger partial charge in [-0.15, -0.1) is 0 Å². The fraction of sp³-hybridized carbons (Fsp3) is 0.517. The lowest BCUT2D eigenvalue weighted by Gasteiger charge is -2.42. The maximum Gasteiger partial charge on any atom is 0.338 e. The van der Waals surface area contributed by atoms with Gasteiger partial charge >= 0.3 is 11.9 Å². The van der Waals surface area contributed by atoms with Crippen LogP contribution < -0.4 is 0 Å². The van der Waals surface area contributed by atoms with E-state index in [1.54, 1.807) is 12.1 Å². The van der Waals surface area contributed by atoms with Crippen molar-refractivity contribution in [3.63, 3.8) is 0 Å². The number of carbonyl (C=O) groups excluding carboxylic acids is 2. The molecule has 4 nitrogen and oxygen atoms in total. The second-order valence-corrected chi connectivity index (χ2v) is 10.1. The quantitative estimate of drug-likeness (QED) is 0.473. The lowest BCUT2D eigenvalue weighted by atomic mass is 9.69. The molecule has 4 heteroatoms. The number of hydrogen-bond donors (Lipinski definition) is 0. The van der Waals surface area contributed by atoms with Crippen molar-refractivity contribution in [3.8, 4) is 0 Å². The normalized spacial score (nSPS) is 30.0. The molecular formula is C29H34O4. The maximum atomic E-state index is 13.1. The second-order valence-electron chi connectivity index (χ2n) is 10.1. The Labute approximate surface area is 196 Å². The molecule has 6 atom stereocenters. The summed E-state index contributed by atoms with van der Waals surface area (Å²) < 4.78 is 12.2. The number of benzene rings is 2. The van der Waals surface area contributed by atoms with Crippen LogP contribution in [0.25, 0.3) is 0 Å². The zero-order chi connectivity index (χ0) is 22.8. The summed E-state index contributed by atoms with van der Waals surface area (Å²) in [5, 5.41) is 0. The first kappa shape index (κ1) is 22.2. The third-order valence-corrected chi connectivity index (χ3v) is 8.19. The van der Waals surface area contributed by atoms with Gasteiger partial charge in [-0.3, -0.25) is 0 Å². The Morgan fingerprint density at radius 1 is 0.758 bits per heavy atom. The monoisotopic (exact) mass is 446 g/mol. The molecule has 6 unspecified atom stereocenters. The van der Waals surface area contributed by atoms with E-state index in [4.69, 9.17) is 9.47 Å². The number of unbranched alkanes of at least 4 members (excludes halogenated alkanes) is 1. The summed E-state index contributed by atoms with van der Waals surface area (Å²) in [6, 6.07) is 16.9. The predicted molar refractivity (Wildman–Crippen MR) is 127 cm³/mol. The second kappa shape index (κ2) is 9.70. The lowest BCUT2D eigenvalue weighted by molar-refractivity contribution is -0.0872. The Morgan fingerprint density at radius 3 is 1.85 bits per heavy atom. The van der Waals surface area contributed by atoms with Gasteiger partial charge in [0.1, 0.15) is 12.2 Å². The molecule has 0 N–H and O–H groups in total. The van der Waals surface area contributed by atoms with Crippen molar-refractivity contribution in [2.75, 3.05) is 0 Å². The van der Waals surface area contributed by atoms with E-state index in [-0.39, 0.29) is 24.1 Å². The van der Waals surface area contributed by atoms with Crippen LogP contribution >= 0.6 is 0 Å². The number of hydrogen-bond acceptors (Lipinski definition) is 4. The SMILES string of the molecule is CCCCc1ccc(C(=O)OC2C3CC(C4CCCCC43)C2OC(=O)c2ccccc2)cc1. The molecule has 174 valence electrons. The predicted octanol–water partition coefficient (Wildman–Crippen LogP) is 6.24. The van der Waals surface area contributed by atoms with Crippen molar-refractivity contribution in [1.29, 1.82) is 0 Å². The van der Waals surface area contributed by atoms with Crippen molar-refractivity contribution < 1.29 is 19.1 Å². The van der Waals surface area contributed by atoms with Crippen LogP contribution in [0.4, 0.5) is 0 Å². The Bertz CT molecular complexity index is 967. The minimum atomic E-state index is -0.353. The van der Waals surface area contributed by atoms with Crippen molar-refractivity contribution in [2.24, 2.45) is 23.7 Å². The largest absolute Gasteiger partial charge is 0.455 e. The number of aryl methyl sites for hydroxylation is 1. The third-order valence-electron chi connectivity index (χ3n) is 8.19. The van der Waals surface area contributed by atoms with E-state index >= 15 is 0 Å². The van der Waals surface area contributed by atoms with Gasteiger partial charge in [0.25, 0.3) is 0 Å². The van der Waals surface area contributed by atoms with Gasteiger partial charge in [0.15, 0.2) is 0 Å². The van der Waals surface area contributed by atoms with Crippen LogP contribution in [0.3, 0.4) is 0 Å². The highest BCUT2D eigenvalue weighted by molar-refractivity contribution is 5.90. The fourth-order valence-electron chi connectivity index (χ4n) is 6.61. The Kier molecular flexibility index (Phi) is 6.52. The summed E-state index contributed by atoms with van der Waals surface area (Å²) >= 11 is 0. The van der Waals surface area contributed by atoms with Crippen molar-refractivity contribution in [1.82, 2.24) is 0 Å². The van der Waals surface area contributed by atoms with E-state index in [1.165, 1.54) is 31.2 Å². The summed E-state index contributed by atoms with van der Waals surface area (Å²) in [5.74, 6) is 1.14. The van der Waals surface area contributed by atoms with Gasteiger partial charge in [-0.1, -0.05) is 56.5 Å². The van der Waals surface area contributed by atoms with E-state index in [2.05, 4.69) is 6.92 Å². The smallest absolute Gasteiger partial charge is 0.338 e. The van der Waals surface area contributed by atoms with Crippen molar-refractivity contribution in [3.05, 3.63) is 71.3 Å². The van der Waals surface area contributed by atoms with Crippen LogP contribution in [0.2, 0.25) is 0 Å². The van der Waals surface area contributed by atoms with Crippen LogP contribution in [-0.4, -0.2) is 24.1 Å². The zero-order valence-corrected chi connectivity index (χ0v) is 19.5. The molecule has 2 aromatic carbocycles. The van der Waals surface area contributed by atoms with Gasteiger partial charge in [0.2, 0.25) is 0 Å². The molecule has 5 rings (SSSR count). The summed E-state index contributed by atoms with van der Waals surface area (Å²) in [6.45, 7) is 2.18. The Morgan fingerprint density at radius 2 is 1.30 bits per heavy atom. The van der Waals surface area contributed by atoms with Gasteiger partial charge in [0.05, 0.1) is 11.1 Å². The van der Waals surface area contributed by atoms with Gasteiger partial charge in [-0.2, -0.15) is 0 Å². The number of fused-ring (bicyclic) bond motifs is 5. The highest BCUT2D eigenvalue weighted by atomic mass is 16.6. The van der Waals surface area contributed by atoms with E-state index < -0.39 is 0 Å². The van der Waals surface area contributed by atoms with Crippen LogP contribution in [0.1, 0.15) is 78.1 Å².